The van der Waals surface area contributed by atoms with E-state index < -0.39 is 0 Å². The zero-order valence-corrected chi connectivity index (χ0v) is 19.9. The Bertz CT molecular complexity index is 1470. The van der Waals surface area contributed by atoms with Crippen LogP contribution in [0.5, 0.6) is 0 Å². The maximum Gasteiger partial charge on any atom is 0.263 e. The predicted molar refractivity (Wildman–Crippen MR) is 142 cm³/mol. The molecule has 1 aromatic heterocycles. The molecule has 3 aromatic carbocycles. The third-order valence-electron chi connectivity index (χ3n) is 6.87. The van der Waals surface area contributed by atoms with Crippen molar-refractivity contribution in [2.24, 2.45) is 0 Å². The Labute approximate surface area is 209 Å². The lowest BCUT2D eigenvalue weighted by atomic mass is 10.0. The number of carbonyl (C=O) groups excluding carboxylic acids is 2. The van der Waals surface area contributed by atoms with Crippen LogP contribution in [0.2, 0.25) is 0 Å². The Balaban J connectivity index is 1.34. The van der Waals surface area contributed by atoms with Crippen LogP contribution < -0.4 is 10.2 Å². The largest absolute Gasteiger partial charge is 0.376 e. The van der Waals surface area contributed by atoms with Gasteiger partial charge in [0.15, 0.2) is 0 Å². The average Bonchev–Trinajstić information content (AvgIpc) is 3.62. The fourth-order valence-corrected chi connectivity index (χ4v) is 5.13. The zero-order chi connectivity index (χ0) is 24.5. The molecular weight excluding hydrogens is 450 g/mol. The highest BCUT2D eigenvalue weighted by molar-refractivity contribution is 6.38. The smallest absolute Gasteiger partial charge is 0.263 e. The Kier molecular flexibility index (Phi) is 5.87. The van der Waals surface area contributed by atoms with Crippen molar-refractivity contribution in [3.63, 3.8) is 0 Å². The number of hydrogen-bond donors (Lipinski definition) is 1. The lowest BCUT2D eigenvalue weighted by Gasteiger charge is -2.16. The molecule has 2 aliphatic rings. The van der Waals surface area contributed by atoms with Crippen LogP contribution in [0.25, 0.3) is 22.6 Å². The number of nitrogens with zero attached hydrogens (tertiary/aromatic N) is 2. The molecule has 1 atom stereocenters. The molecule has 3 heterocycles. The molecule has 2 amide bonds. The highest BCUT2D eigenvalue weighted by atomic mass is 16.5. The second-order valence-corrected chi connectivity index (χ2v) is 9.22. The highest BCUT2D eigenvalue weighted by Crippen LogP contribution is 2.42. The van der Waals surface area contributed by atoms with E-state index in [0.29, 0.717) is 12.1 Å². The van der Waals surface area contributed by atoms with Crippen molar-refractivity contribution < 1.29 is 14.3 Å². The summed E-state index contributed by atoms with van der Waals surface area (Å²) in [5.74, 6) is -0.114. The van der Waals surface area contributed by atoms with Gasteiger partial charge >= 0.3 is 0 Å². The molecule has 36 heavy (non-hydrogen) atoms. The number of benzene rings is 3. The molecule has 1 saturated heterocycles. The van der Waals surface area contributed by atoms with Crippen LogP contribution in [0.4, 0.5) is 11.4 Å². The second-order valence-electron chi connectivity index (χ2n) is 9.22. The first kappa shape index (κ1) is 22.3. The molecule has 0 bridgehead atoms. The van der Waals surface area contributed by atoms with E-state index in [4.69, 9.17) is 4.74 Å². The molecule has 6 nitrogen and oxygen atoms in total. The van der Waals surface area contributed by atoms with Gasteiger partial charge in [-0.05, 0) is 43.2 Å². The summed E-state index contributed by atoms with van der Waals surface area (Å²) in [6.07, 6.45) is 6.05. The third kappa shape index (κ3) is 4.10. The van der Waals surface area contributed by atoms with Crippen molar-refractivity contribution in [3.05, 3.63) is 96.2 Å². The normalized spacial score (nSPS) is 18.2. The SMILES string of the molecule is O=C(Cn1cc(/C=C2/C(=O)N(c3ccccc3)c3ccccc32)c2ccccc21)NC[C@@H]1CCCO1. The number of aromatic nitrogens is 1. The summed E-state index contributed by atoms with van der Waals surface area (Å²) in [4.78, 5) is 28.2. The van der Waals surface area contributed by atoms with Gasteiger partial charge in [-0.3, -0.25) is 14.5 Å². The van der Waals surface area contributed by atoms with E-state index in [9.17, 15) is 9.59 Å². The molecule has 6 rings (SSSR count). The van der Waals surface area contributed by atoms with Crippen LogP contribution in [0.15, 0.2) is 85.1 Å². The Morgan fingerprint density at radius 2 is 1.78 bits per heavy atom. The molecule has 0 spiro atoms. The molecule has 4 aromatic rings. The van der Waals surface area contributed by atoms with Gasteiger partial charge in [-0.25, -0.2) is 0 Å². The van der Waals surface area contributed by atoms with Gasteiger partial charge in [0.1, 0.15) is 6.54 Å². The van der Waals surface area contributed by atoms with Crippen LogP contribution in [0, 0.1) is 0 Å². The minimum atomic E-state index is -0.0615. The first-order chi connectivity index (χ1) is 17.7. The first-order valence-electron chi connectivity index (χ1n) is 12.4. The van der Waals surface area contributed by atoms with Crippen LogP contribution in [-0.2, 0) is 20.9 Å². The highest BCUT2D eigenvalue weighted by Gasteiger charge is 2.33. The fraction of sp³-hybridized carbons (Fsp3) is 0.200. The van der Waals surface area contributed by atoms with Crippen LogP contribution in [-0.4, -0.2) is 35.6 Å². The molecule has 0 aliphatic carbocycles. The molecule has 2 aliphatic heterocycles. The summed E-state index contributed by atoms with van der Waals surface area (Å²) >= 11 is 0. The van der Waals surface area contributed by atoms with Gasteiger partial charge in [-0.2, -0.15) is 0 Å². The molecule has 6 heteroatoms. The number of carbonyl (C=O) groups is 2. The molecule has 0 saturated carbocycles. The quantitative estimate of drug-likeness (QED) is 0.391. The minimum absolute atomic E-state index is 0.0528. The number of para-hydroxylation sites is 3. The van der Waals surface area contributed by atoms with Gasteiger partial charge in [0.25, 0.3) is 5.91 Å². The lowest BCUT2D eigenvalue weighted by molar-refractivity contribution is -0.122. The van der Waals surface area contributed by atoms with E-state index in [0.717, 1.165) is 52.9 Å². The fourth-order valence-electron chi connectivity index (χ4n) is 5.13. The van der Waals surface area contributed by atoms with Crippen molar-refractivity contribution in [3.8, 4) is 0 Å². The third-order valence-corrected chi connectivity index (χ3v) is 6.87. The van der Waals surface area contributed by atoms with Gasteiger partial charge in [0.2, 0.25) is 5.91 Å². The van der Waals surface area contributed by atoms with Crippen LogP contribution in [0.1, 0.15) is 24.0 Å². The number of rotatable bonds is 6. The summed E-state index contributed by atoms with van der Waals surface area (Å²) in [5.41, 5.74) is 5.11. The Morgan fingerprint density at radius 1 is 1.00 bits per heavy atom. The summed E-state index contributed by atoms with van der Waals surface area (Å²) in [6, 6.07) is 25.5. The van der Waals surface area contributed by atoms with E-state index in [-0.39, 0.29) is 24.5 Å². The molecule has 1 N–H and O–H groups in total. The van der Waals surface area contributed by atoms with E-state index in [1.807, 2.05) is 95.7 Å². The van der Waals surface area contributed by atoms with Gasteiger partial charge in [0, 0.05) is 47.1 Å². The van der Waals surface area contributed by atoms with Crippen molar-refractivity contribution in [1.29, 1.82) is 0 Å². The van der Waals surface area contributed by atoms with E-state index in [1.54, 1.807) is 4.90 Å². The molecular formula is C30H27N3O3. The first-order valence-corrected chi connectivity index (χ1v) is 12.4. The molecule has 1 fully saturated rings. The van der Waals surface area contributed by atoms with E-state index in [2.05, 4.69) is 5.32 Å². The van der Waals surface area contributed by atoms with Crippen molar-refractivity contribution in [2.75, 3.05) is 18.1 Å². The summed E-state index contributed by atoms with van der Waals surface area (Å²) < 4.78 is 7.57. The predicted octanol–water partition coefficient (Wildman–Crippen LogP) is 5.16. The van der Waals surface area contributed by atoms with Crippen molar-refractivity contribution in [2.45, 2.75) is 25.5 Å². The Morgan fingerprint density at radius 3 is 2.61 bits per heavy atom. The Hall–Kier alpha value is -4.16. The van der Waals surface area contributed by atoms with Crippen molar-refractivity contribution in [1.82, 2.24) is 9.88 Å². The summed E-state index contributed by atoms with van der Waals surface area (Å²) in [5, 5.41) is 4.00. The van der Waals surface area contributed by atoms with Crippen LogP contribution in [0.3, 0.4) is 0 Å². The topological polar surface area (TPSA) is 63.6 Å². The number of hydrogen-bond acceptors (Lipinski definition) is 3. The molecule has 0 unspecified atom stereocenters. The number of ether oxygens (including phenoxy) is 1. The van der Waals surface area contributed by atoms with Gasteiger partial charge in [-0.15, -0.1) is 0 Å². The average molecular weight is 478 g/mol. The minimum Gasteiger partial charge on any atom is -0.376 e. The number of anilines is 2. The monoisotopic (exact) mass is 477 g/mol. The van der Waals surface area contributed by atoms with Gasteiger partial charge in [-0.1, -0.05) is 54.6 Å². The van der Waals surface area contributed by atoms with Gasteiger partial charge in [0.05, 0.1) is 17.4 Å². The van der Waals surface area contributed by atoms with Crippen molar-refractivity contribution >= 4 is 45.7 Å². The number of fused-ring (bicyclic) bond motifs is 2. The summed E-state index contributed by atoms with van der Waals surface area (Å²) in [6.45, 7) is 1.51. The maximum atomic E-state index is 13.7. The van der Waals surface area contributed by atoms with Gasteiger partial charge < -0.3 is 14.6 Å². The number of nitrogens with one attached hydrogen (secondary N) is 1. The van der Waals surface area contributed by atoms with E-state index in [1.165, 1.54) is 0 Å². The second kappa shape index (κ2) is 9.47. The zero-order valence-electron chi connectivity index (χ0n) is 19.9. The maximum absolute atomic E-state index is 13.7. The molecule has 0 radical (unpaired) electrons. The molecule has 180 valence electrons. The van der Waals surface area contributed by atoms with Crippen LogP contribution >= 0.6 is 0 Å². The standard InChI is InChI=1S/C30H27N3O3/c34-29(31-18-23-11-8-16-36-23)20-32-19-21(24-12-4-6-14-27(24)32)17-26-25-13-5-7-15-28(25)33(30(26)35)22-9-2-1-3-10-22/h1-7,9-10,12-15,17,19,23H,8,11,16,18,20H2,(H,31,34)/b26-17+/t23-/m0/s1. The number of amides is 2. The van der Waals surface area contributed by atoms with E-state index >= 15 is 0 Å². The lowest BCUT2D eigenvalue weighted by Crippen LogP contribution is -2.34. The summed E-state index contributed by atoms with van der Waals surface area (Å²) in [7, 11) is 0.